The molecule has 0 aromatic rings. The van der Waals surface area contributed by atoms with Crippen LogP contribution in [0.4, 0.5) is 0 Å². The lowest BCUT2D eigenvalue weighted by Gasteiger charge is -2.10. The van der Waals surface area contributed by atoms with Gasteiger partial charge in [-0.2, -0.15) is 0 Å². The van der Waals surface area contributed by atoms with E-state index in [0.29, 0.717) is 12.0 Å². The molecule has 10 heavy (non-hydrogen) atoms. The average molecular weight is 165 g/mol. The Labute approximate surface area is 68.7 Å². The molecule has 0 spiro atoms. The van der Waals surface area contributed by atoms with Crippen molar-refractivity contribution < 1.29 is 4.74 Å². The number of alkyl halides is 1. The molecule has 0 saturated carbocycles. The van der Waals surface area contributed by atoms with Crippen molar-refractivity contribution in [2.45, 2.75) is 39.2 Å². The molecule has 2 heteroatoms. The Morgan fingerprint density at radius 2 is 2.20 bits per heavy atom. The predicted molar refractivity (Wildman–Crippen MR) is 45.7 cm³/mol. The maximum atomic E-state index is 5.48. The highest BCUT2D eigenvalue weighted by Gasteiger charge is 1.98. The maximum Gasteiger partial charge on any atom is 0.0546 e. The minimum atomic E-state index is 0.410. The summed E-state index contributed by atoms with van der Waals surface area (Å²) < 4.78 is 5.44. The average Bonchev–Trinajstić information content (AvgIpc) is 1.89. The van der Waals surface area contributed by atoms with Gasteiger partial charge in [0.05, 0.1) is 6.10 Å². The van der Waals surface area contributed by atoms with Gasteiger partial charge in [-0.05, 0) is 19.8 Å². The molecule has 0 aliphatic rings. The highest BCUT2D eigenvalue weighted by atomic mass is 35.5. The Hall–Kier alpha value is 0.250. The minimum absolute atomic E-state index is 0.410. The summed E-state index contributed by atoms with van der Waals surface area (Å²) in [5.74, 6) is 0.707. The van der Waals surface area contributed by atoms with Crippen molar-refractivity contribution >= 4 is 11.6 Å². The smallest absolute Gasteiger partial charge is 0.0546 e. The van der Waals surface area contributed by atoms with Crippen LogP contribution in [0.3, 0.4) is 0 Å². The molecule has 0 heterocycles. The summed E-state index contributed by atoms with van der Waals surface area (Å²) in [5.41, 5.74) is 0. The van der Waals surface area contributed by atoms with Crippen molar-refractivity contribution in [3.8, 4) is 0 Å². The number of hydrogen-bond acceptors (Lipinski definition) is 1. The Kier molecular flexibility index (Phi) is 7.54. The van der Waals surface area contributed by atoms with Crippen LogP contribution in [0.1, 0.15) is 33.1 Å². The fourth-order valence-corrected chi connectivity index (χ4v) is 0.938. The van der Waals surface area contributed by atoms with Crippen molar-refractivity contribution in [3.63, 3.8) is 0 Å². The molecule has 0 aromatic carbocycles. The van der Waals surface area contributed by atoms with Crippen LogP contribution in [0.25, 0.3) is 0 Å². The van der Waals surface area contributed by atoms with Crippen molar-refractivity contribution in [1.82, 2.24) is 0 Å². The first kappa shape index (κ1) is 10.2. The van der Waals surface area contributed by atoms with E-state index in [4.69, 9.17) is 16.3 Å². The molecule has 0 N–H and O–H groups in total. The van der Waals surface area contributed by atoms with Crippen LogP contribution < -0.4 is 0 Å². The summed E-state index contributed by atoms with van der Waals surface area (Å²) in [6, 6.07) is 0. The van der Waals surface area contributed by atoms with Crippen molar-refractivity contribution in [2.24, 2.45) is 0 Å². The van der Waals surface area contributed by atoms with Gasteiger partial charge in [-0.25, -0.2) is 0 Å². The molecule has 0 aliphatic heterocycles. The minimum Gasteiger partial charge on any atom is -0.378 e. The van der Waals surface area contributed by atoms with Gasteiger partial charge in [-0.1, -0.05) is 13.3 Å². The number of ether oxygens (including phenoxy) is 1. The Bertz CT molecular complexity index is 66.3. The molecule has 0 fully saturated rings. The van der Waals surface area contributed by atoms with Crippen LogP contribution in [0, 0.1) is 0 Å². The molecule has 0 radical (unpaired) electrons. The van der Waals surface area contributed by atoms with Crippen LogP contribution in [-0.4, -0.2) is 18.6 Å². The molecule has 1 nitrogen and oxygen atoms in total. The standard InChI is InChI=1S/C8H17ClO/c1-3-5-8(2)10-7-4-6-9/h8H,3-7H2,1-2H3. The molecule has 0 amide bonds. The number of rotatable bonds is 6. The summed E-state index contributed by atoms with van der Waals surface area (Å²) in [4.78, 5) is 0. The first-order valence-corrected chi connectivity index (χ1v) is 4.52. The lowest BCUT2D eigenvalue weighted by atomic mass is 10.2. The van der Waals surface area contributed by atoms with Gasteiger partial charge in [0, 0.05) is 12.5 Å². The third kappa shape index (κ3) is 6.37. The van der Waals surface area contributed by atoms with Gasteiger partial charge in [0.25, 0.3) is 0 Å². The first-order chi connectivity index (χ1) is 4.81. The van der Waals surface area contributed by atoms with Crippen LogP contribution in [0.5, 0.6) is 0 Å². The van der Waals surface area contributed by atoms with E-state index < -0.39 is 0 Å². The zero-order valence-electron chi connectivity index (χ0n) is 6.90. The Morgan fingerprint density at radius 1 is 1.50 bits per heavy atom. The molecule has 0 bridgehead atoms. The number of halogens is 1. The topological polar surface area (TPSA) is 9.23 Å². The van der Waals surface area contributed by atoms with E-state index in [1.807, 2.05) is 0 Å². The normalized spacial score (nSPS) is 13.5. The van der Waals surface area contributed by atoms with Gasteiger partial charge in [0.2, 0.25) is 0 Å². The van der Waals surface area contributed by atoms with Crippen LogP contribution in [-0.2, 0) is 4.74 Å². The summed E-state index contributed by atoms with van der Waals surface area (Å²) >= 11 is 5.48. The summed E-state index contributed by atoms with van der Waals surface area (Å²) in [6.07, 6.45) is 3.73. The quantitative estimate of drug-likeness (QED) is 0.434. The monoisotopic (exact) mass is 164 g/mol. The van der Waals surface area contributed by atoms with E-state index in [-0.39, 0.29) is 0 Å². The van der Waals surface area contributed by atoms with Crippen LogP contribution in [0.2, 0.25) is 0 Å². The molecule has 0 rings (SSSR count). The van der Waals surface area contributed by atoms with Crippen LogP contribution >= 0.6 is 11.6 Å². The number of hydrogen-bond donors (Lipinski definition) is 0. The molecule has 1 unspecified atom stereocenters. The molecule has 1 atom stereocenters. The second-order valence-electron chi connectivity index (χ2n) is 2.51. The molecule has 0 saturated heterocycles. The summed E-state index contributed by atoms with van der Waals surface area (Å²) in [6.45, 7) is 5.09. The van der Waals surface area contributed by atoms with E-state index in [1.165, 1.54) is 6.42 Å². The highest BCUT2D eigenvalue weighted by molar-refractivity contribution is 6.17. The largest absolute Gasteiger partial charge is 0.378 e. The van der Waals surface area contributed by atoms with E-state index in [9.17, 15) is 0 Å². The maximum absolute atomic E-state index is 5.48. The SMILES string of the molecule is CCCC(C)OCCCCl. The molecule has 0 aromatic heterocycles. The lowest BCUT2D eigenvalue weighted by Crippen LogP contribution is -2.08. The van der Waals surface area contributed by atoms with Crippen molar-refractivity contribution in [2.75, 3.05) is 12.5 Å². The van der Waals surface area contributed by atoms with Crippen molar-refractivity contribution in [1.29, 1.82) is 0 Å². The first-order valence-electron chi connectivity index (χ1n) is 3.98. The van der Waals surface area contributed by atoms with Crippen molar-refractivity contribution in [3.05, 3.63) is 0 Å². The third-order valence-corrected chi connectivity index (χ3v) is 1.64. The zero-order valence-corrected chi connectivity index (χ0v) is 7.66. The van der Waals surface area contributed by atoms with Gasteiger partial charge < -0.3 is 4.74 Å². The van der Waals surface area contributed by atoms with Gasteiger partial charge in [-0.15, -0.1) is 11.6 Å². The molecular weight excluding hydrogens is 148 g/mol. The van der Waals surface area contributed by atoms with Gasteiger partial charge in [-0.3, -0.25) is 0 Å². The van der Waals surface area contributed by atoms with Gasteiger partial charge in [0.1, 0.15) is 0 Å². The predicted octanol–water partition coefficient (Wildman–Crippen LogP) is 2.82. The van der Waals surface area contributed by atoms with Gasteiger partial charge >= 0.3 is 0 Å². The second kappa shape index (κ2) is 7.36. The van der Waals surface area contributed by atoms with Crippen LogP contribution in [0.15, 0.2) is 0 Å². The Morgan fingerprint density at radius 3 is 2.70 bits per heavy atom. The summed E-state index contributed by atoms with van der Waals surface area (Å²) in [5, 5.41) is 0. The van der Waals surface area contributed by atoms with Gasteiger partial charge in [0.15, 0.2) is 0 Å². The Balaban J connectivity index is 2.97. The highest BCUT2D eigenvalue weighted by Crippen LogP contribution is 2.01. The fraction of sp³-hybridized carbons (Fsp3) is 1.00. The molecular formula is C8H17ClO. The van der Waals surface area contributed by atoms with E-state index in [0.717, 1.165) is 19.4 Å². The zero-order chi connectivity index (χ0) is 7.82. The lowest BCUT2D eigenvalue weighted by molar-refractivity contribution is 0.0607. The fourth-order valence-electron chi connectivity index (χ4n) is 0.829. The summed E-state index contributed by atoms with van der Waals surface area (Å²) in [7, 11) is 0. The van der Waals surface area contributed by atoms with E-state index in [1.54, 1.807) is 0 Å². The van der Waals surface area contributed by atoms with E-state index in [2.05, 4.69) is 13.8 Å². The molecule has 0 aliphatic carbocycles. The second-order valence-corrected chi connectivity index (χ2v) is 2.89. The third-order valence-electron chi connectivity index (χ3n) is 1.38. The van der Waals surface area contributed by atoms with E-state index >= 15 is 0 Å². The molecule has 62 valence electrons.